The summed E-state index contributed by atoms with van der Waals surface area (Å²) in [6.45, 7) is 9.70. The van der Waals surface area contributed by atoms with Crippen molar-refractivity contribution in [1.82, 2.24) is 5.32 Å². The fraction of sp³-hybridized carbons (Fsp3) is 0.500. The summed E-state index contributed by atoms with van der Waals surface area (Å²) in [5.41, 5.74) is 0.169. The smallest absolute Gasteiger partial charge is 0.330 e. The number of rotatable bonds is 5. The third-order valence-corrected chi connectivity index (χ3v) is 5.82. The summed E-state index contributed by atoms with van der Waals surface area (Å²) in [6.07, 6.45) is 0.00986. The normalized spacial score (nSPS) is 24.3. The number of benzene rings is 1. The molecule has 26 heavy (non-hydrogen) atoms. The number of carbonyl (C=O) groups excluding carboxylic acids is 1. The quantitative estimate of drug-likeness (QED) is 0.854. The number of ether oxygens (including phenoxy) is 1. The Morgan fingerprint density at radius 2 is 2.04 bits per heavy atom. The van der Waals surface area contributed by atoms with E-state index in [1.54, 1.807) is 13.8 Å². The van der Waals surface area contributed by atoms with Crippen LogP contribution in [0.4, 0.5) is 0 Å². The van der Waals surface area contributed by atoms with E-state index < -0.39 is 22.8 Å². The molecule has 0 bridgehead atoms. The lowest BCUT2D eigenvalue weighted by Crippen LogP contribution is -2.76. The summed E-state index contributed by atoms with van der Waals surface area (Å²) in [7, 11) is 0. The van der Waals surface area contributed by atoms with Crippen LogP contribution < -0.4 is 5.32 Å². The topological polar surface area (TPSA) is 88.8 Å². The molecule has 1 fully saturated rings. The highest BCUT2D eigenvalue weighted by molar-refractivity contribution is 6.02. The molecule has 2 unspecified atom stereocenters. The number of carboxylic acids is 1. The molecule has 140 valence electrons. The lowest BCUT2D eigenvalue weighted by Gasteiger charge is -2.58. The maximum atomic E-state index is 12.9. The second-order valence-corrected chi connectivity index (χ2v) is 7.54. The number of hydrogen-bond acceptors (Lipinski definition) is 4. The number of fused-ring (bicyclic) bond motifs is 1. The molecule has 1 saturated carbocycles. The highest BCUT2D eigenvalue weighted by Crippen LogP contribution is 2.51. The van der Waals surface area contributed by atoms with Crippen molar-refractivity contribution in [2.75, 3.05) is 6.61 Å². The van der Waals surface area contributed by atoms with Crippen molar-refractivity contribution in [2.45, 2.75) is 52.7 Å². The fourth-order valence-corrected chi connectivity index (χ4v) is 3.89. The number of carboxylic acid groups (broad SMARTS) is 1. The van der Waals surface area contributed by atoms with Crippen molar-refractivity contribution < 1.29 is 23.8 Å². The third-order valence-electron chi connectivity index (χ3n) is 5.82. The van der Waals surface area contributed by atoms with E-state index in [-0.39, 0.29) is 18.3 Å². The first-order valence-corrected chi connectivity index (χ1v) is 8.82. The Morgan fingerprint density at radius 3 is 2.58 bits per heavy atom. The SMILES string of the molecule is CCOC1CC(NC(=O)c2oc3c(C)cccc3c2C)(C(=O)O)C1(C)C. The average Bonchev–Trinajstić information content (AvgIpc) is 2.92. The predicted octanol–water partition coefficient (Wildman–Crippen LogP) is 3.44. The van der Waals surface area contributed by atoms with Crippen LogP contribution in [0.15, 0.2) is 22.6 Å². The van der Waals surface area contributed by atoms with Gasteiger partial charge in [0.1, 0.15) is 11.1 Å². The number of furan rings is 1. The molecule has 1 heterocycles. The van der Waals surface area contributed by atoms with Crippen LogP contribution in [-0.4, -0.2) is 35.2 Å². The Bertz CT molecular complexity index is 882. The highest BCUT2D eigenvalue weighted by atomic mass is 16.5. The first-order valence-electron chi connectivity index (χ1n) is 8.82. The number of amides is 1. The van der Waals surface area contributed by atoms with Gasteiger partial charge in [0, 0.05) is 29.4 Å². The second kappa shape index (κ2) is 6.13. The molecule has 1 aromatic carbocycles. The minimum atomic E-state index is -1.38. The largest absolute Gasteiger partial charge is 0.479 e. The van der Waals surface area contributed by atoms with E-state index in [4.69, 9.17) is 9.15 Å². The predicted molar refractivity (Wildman–Crippen MR) is 97.3 cm³/mol. The van der Waals surface area contributed by atoms with Crippen molar-refractivity contribution in [1.29, 1.82) is 0 Å². The minimum absolute atomic E-state index is 0.158. The molecular formula is C20H25NO5. The Balaban J connectivity index is 1.95. The standard InChI is InChI=1S/C20H25NO5/c1-6-25-14-10-20(18(23)24,19(14,4)5)21-17(22)16-12(3)13-9-7-8-11(2)15(13)26-16/h7-9,14H,6,10H2,1-5H3,(H,21,22)(H,23,24). The zero-order chi connectivity index (χ0) is 19.3. The summed E-state index contributed by atoms with van der Waals surface area (Å²) < 4.78 is 11.4. The zero-order valence-electron chi connectivity index (χ0n) is 15.8. The van der Waals surface area contributed by atoms with Gasteiger partial charge in [0.05, 0.1) is 6.10 Å². The van der Waals surface area contributed by atoms with Gasteiger partial charge < -0.3 is 19.6 Å². The summed E-state index contributed by atoms with van der Waals surface area (Å²) in [4.78, 5) is 24.9. The Labute approximate surface area is 152 Å². The number of para-hydroxylation sites is 1. The van der Waals surface area contributed by atoms with Crippen LogP contribution in [0.25, 0.3) is 11.0 Å². The average molecular weight is 359 g/mol. The summed E-state index contributed by atoms with van der Waals surface area (Å²) >= 11 is 0. The van der Waals surface area contributed by atoms with Crippen LogP contribution in [0.3, 0.4) is 0 Å². The van der Waals surface area contributed by atoms with E-state index in [9.17, 15) is 14.7 Å². The Hall–Kier alpha value is -2.34. The van der Waals surface area contributed by atoms with Gasteiger partial charge in [-0.15, -0.1) is 0 Å². The van der Waals surface area contributed by atoms with Gasteiger partial charge in [-0.05, 0) is 26.3 Å². The maximum absolute atomic E-state index is 12.9. The van der Waals surface area contributed by atoms with Gasteiger partial charge in [-0.2, -0.15) is 0 Å². The first kappa shape index (κ1) is 18.5. The van der Waals surface area contributed by atoms with Crippen molar-refractivity contribution in [3.63, 3.8) is 0 Å². The fourth-order valence-electron chi connectivity index (χ4n) is 3.89. The number of hydrogen-bond donors (Lipinski definition) is 2. The number of aryl methyl sites for hydroxylation is 2. The third kappa shape index (κ3) is 2.43. The van der Waals surface area contributed by atoms with Gasteiger partial charge in [-0.3, -0.25) is 4.79 Å². The molecule has 0 spiro atoms. The van der Waals surface area contributed by atoms with E-state index in [1.807, 2.05) is 39.0 Å². The molecule has 1 amide bonds. The van der Waals surface area contributed by atoms with Gasteiger partial charge in [-0.25, -0.2) is 4.79 Å². The number of carbonyl (C=O) groups is 2. The highest BCUT2D eigenvalue weighted by Gasteiger charge is 2.66. The molecule has 1 aromatic heterocycles. The van der Waals surface area contributed by atoms with Gasteiger partial charge in [0.2, 0.25) is 0 Å². The summed E-state index contributed by atoms with van der Waals surface area (Å²) in [5, 5.41) is 13.4. The van der Waals surface area contributed by atoms with Crippen LogP contribution in [-0.2, 0) is 9.53 Å². The molecule has 2 N–H and O–H groups in total. The minimum Gasteiger partial charge on any atom is -0.479 e. The molecule has 1 aliphatic carbocycles. The monoisotopic (exact) mass is 359 g/mol. The van der Waals surface area contributed by atoms with Crippen molar-refractivity contribution in [3.05, 3.63) is 35.1 Å². The van der Waals surface area contributed by atoms with Crippen LogP contribution >= 0.6 is 0 Å². The number of nitrogens with one attached hydrogen (secondary N) is 1. The molecule has 0 aliphatic heterocycles. The molecule has 1 aliphatic rings. The Morgan fingerprint density at radius 1 is 1.35 bits per heavy atom. The molecule has 6 nitrogen and oxygen atoms in total. The van der Waals surface area contributed by atoms with Crippen molar-refractivity contribution in [2.24, 2.45) is 5.41 Å². The van der Waals surface area contributed by atoms with Gasteiger partial charge in [0.15, 0.2) is 5.76 Å². The van der Waals surface area contributed by atoms with Crippen LogP contribution in [0.5, 0.6) is 0 Å². The van der Waals surface area contributed by atoms with E-state index in [1.165, 1.54) is 0 Å². The van der Waals surface area contributed by atoms with Crippen molar-refractivity contribution in [3.8, 4) is 0 Å². The van der Waals surface area contributed by atoms with Crippen molar-refractivity contribution >= 4 is 22.8 Å². The van der Waals surface area contributed by atoms with Gasteiger partial charge in [-0.1, -0.05) is 32.0 Å². The van der Waals surface area contributed by atoms with Crippen LogP contribution in [0, 0.1) is 19.3 Å². The molecule has 3 rings (SSSR count). The van der Waals surface area contributed by atoms with E-state index in [0.29, 0.717) is 17.8 Å². The van der Waals surface area contributed by atoms with Gasteiger partial charge in [0.25, 0.3) is 5.91 Å². The van der Waals surface area contributed by atoms with E-state index in [0.717, 1.165) is 10.9 Å². The zero-order valence-corrected chi connectivity index (χ0v) is 15.8. The van der Waals surface area contributed by atoms with Gasteiger partial charge >= 0.3 is 5.97 Å². The molecule has 0 radical (unpaired) electrons. The summed E-state index contributed by atoms with van der Waals surface area (Å²) in [5.74, 6) is -1.41. The number of aliphatic carboxylic acids is 1. The lowest BCUT2D eigenvalue weighted by atomic mass is 9.54. The Kier molecular flexibility index (Phi) is 4.35. The molecule has 0 saturated heterocycles. The van der Waals surface area contributed by atoms with Crippen LogP contribution in [0.1, 0.15) is 48.9 Å². The van der Waals surface area contributed by atoms with E-state index in [2.05, 4.69) is 5.32 Å². The second-order valence-electron chi connectivity index (χ2n) is 7.54. The molecular weight excluding hydrogens is 334 g/mol. The van der Waals surface area contributed by atoms with Crippen LogP contribution in [0.2, 0.25) is 0 Å². The lowest BCUT2D eigenvalue weighted by molar-refractivity contribution is -0.190. The maximum Gasteiger partial charge on any atom is 0.330 e. The van der Waals surface area contributed by atoms with E-state index >= 15 is 0 Å². The first-order chi connectivity index (χ1) is 12.2. The molecule has 2 atom stereocenters. The molecule has 2 aromatic rings. The molecule has 6 heteroatoms. The summed E-state index contributed by atoms with van der Waals surface area (Å²) in [6, 6.07) is 5.71.